The Hall–Kier alpha value is -1.46. The number of rotatable bonds is 2. The highest BCUT2D eigenvalue weighted by atomic mass is 16.2. The summed E-state index contributed by atoms with van der Waals surface area (Å²) in [6.07, 6.45) is 2.05. The predicted octanol–water partition coefficient (Wildman–Crippen LogP) is 0.516. The first-order valence-corrected chi connectivity index (χ1v) is 6.32. The van der Waals surface area contributed by atoms with Crippen molar-refractivity contribution in [2.24, 2.45) is 28.2 Å². The zero-order chi connectivity index (χ0) is 13.7. The molecule has 0 radical (unpaired) electrons. The number of hydrogen-bond donors (Lipinski definition) is 4. The molecular formula is C12H22N4O2. The van der Waals surface area contributed by atoms with Crippen molar-refractivity contribution in [2.75, 3.05) is 0 Å². The molecule has 0 aliphatic heterocycles. The van der Waals surface area contributed by atoms with Gasteiger partial charge in [0.15, 0.2) is 0 Å². The lowest BCUT2D eigenvalue weighted by atomic mass is 9.69. The number of carbonyl (C=O) groups excluding carboxylic acids is 2. The second-order valence-corrected chi connectivity index (χ2v) is 6.30. The summed E-state index contributed by atoms with van der Waals surface area (Å²) in [7, 11) is 0. The molecule has 0 aromatic heterocycles. The standard InChI is InChI=1S/C12H22N4O2/c1-11(2)6-4-5-12(11,3)8(16-10(14)18)7(6)15-9(13)17/h6-8H,4-5H2,1-3H3,(H3,13,15,17)(H3,14,16,18)/t6-,7-,8-,12-/m0/s1. The molecule has 2 rings (SSSR count). The third-order valence-electron chi connectivity index (χ3n) is 5.46. The molecule has 102 valence electrons. The molecule has 2 saturated carbocycles. The topological polar surface area (TPSA) is 110 Å². The van der Waals surface area contributed by atoms with Crippen molar-refractivity contribution in [3.63, 3.8) is 0 Å². The average molecular weight is 254 g/mol. The molecule has 6 heteroatoms. The third kappa shape index (κ3) is 1.54. The normalized spacial score (nSPS) is 40.5. The number of carbonyl (C=O) groups is 2. The number of fused-ring (bicyclic) bond motifs is 2. The van der Waals surface area contributed by atoms with Gasteiger partial charge in [0.05, 0.1) is 12.1 Å². The van der Waals surface area contributed by atoms with Crippen LogP contribution in [0.5, 0.6) is 0 Å². The first kappa shape index (κ1) is 13.0. The maximum absolute atomic E-state index is 11.2. The Labute approximate surface area is 107 Å². The molecule has 4 amide bonds. The summed E-state index contributed by atoms with van der Waals surface area (Å²) in [5.41, 5.74) is 10.5. The van der Waals surface area contributed by atoms with Crippen molar-refractivity contribution >= 4 is 12.1 Å². The Balaban J connectivity index is 2.34. The fourth-order valence-corrected chi connectivity index (χ4v) is 4.13. The average Bonchev–Trinajstić information content (AvgIpc) is 2.50. The van der Waals surface area contributed by atoms with Crippen LogP contribution in [0.25, 0.3) is 0 Å². The molecule has 2 bridgehead atoms. The van der Waals surface area contributed by atoms with Crippen LogP contribution in [0, 0.1) is 16.7 Å². The molecule has 6 N–H and O–H groups in total. The number of amides is 4. The molecule has 2 aliphatic carbocycles. The highest BCUT2D eigenvalue weighted by Crippen LogP contribution is 2.65. The smallest absolute Gasteiger partial charge is 0.312 e. The van der Waals surface area contributed by atoms with Gasteiger partial charge < -0.3 is 22.1 Å². The van der Waals surface area contributed by atoms with Gasteiger partial charge in [0.25, 0.3) is 0 Å². The van der Waals surface area contributed by atoms with Crippen LogP contribution in [0.4, 0.5) is 9.59 Å². The molecule has 4 atom stereocenters. The predicted molar refractivity (Wildman–Crippen MR) is 67.6 cm³/mol. The molecule has 0 heterocycles. The van der Waals surface area contributed by atoms with E-state index in [9.17, 15) is 9.59 Å². The molecule has 0 aromatic carbocycles. The van der Waals surface area contributed by atoms with Crippen LogP contribution in [0.2, 0.25) is 0 Å². The number of nitrogens with one attached hydrogen (secondary N) is 2. The van der Waals surface area contributed by atoms with Gasteiger partial charge in [-0.25, -0.2) is 9.59 Å². The van der Waals surface area contributed by atoms with Gasteiger partial charge in [-0.3, -0.25) is 0 Å². The van der Waals surface area contributed by atoms with E-state index in [0.717, 1.165) is 12.8 Å². The molecule has 6 nitrogen and oxygen atoms in total. The van der Waals surface area contributed by atoms with E-state index in [-0.39, 0.29) is 22.9 Å². The molecule has 0 aromatic rings. The first-order chi connectivity index (χ1) is 8.20. The van der Waals surface area contributed by atoms with Gasteiger partial charge in [-0.1, -0.05) is 20.8 Å². The lowest BCUT2D eigenvalue weighted by Crippen LogP contribution is -2.59. The Bertz CT molecular complexity index is 396. The zero-order valence-corrected chi connectivity index (χ0v) is 11.1. The SMILES string of the molecule is CC1(C)[C@H]2CC[C@@]1(C)[C@@H](NC(N)=O)[C@H]2NC(N)=O. The molecule has 2 fully saturated rings. The van der Waals surface area contributed by atoms with Crippen molar-refractivity contribution in [2.45, 2.75) is 45.7 Å². The van der Waals surface area contributed by atoms with E-state index in [1.54, 1.807) is 0 Å². The van der Waals surface area contributed by atoms with E-state index in [1.165, 1.54) is 0 Å². The van der Waals surface area contributed by atoms with Crippen LogP contribution < -0.4 is 22.1 Å². The number of urea groups is 2. The minimum Gasteiger partial charge on any atom is -0.352 e. The van der Waals surface area contributed by atoms with Gasteiger partial charge in [-0.2, -0.15) is 0 Å². The molecule has 0 spiro atoms. The van der Waals surface area contributed by atoms with Gasteiger partial charge in [-0.15, -0.1) is 0 Å². The second-order valence-electron chi connectivity index (χ2n) is 6.30. The van der Waals surface area contributed by atoms with E-state index in [4.69, 9.17) is 11.5 Å². The second kappa shape index (κ2) is 3.76. The fraction of sp³-hybridized carbons (Fsp3) is 0.833. The summed E-state index contributed by atoms with van der Waals surface area (Å²) in [5, 5.41) is 5.57. The van der Waals surface area contributed by atoms with Crippen LogP contribution in [-0.2, 0) is 0 Å². The van der Waals surface area contributed by atoms with Crippen molar-refractivity contribution in [1.29, 1.82) is 0 Å². The maximum atomic E-state index is 11.2. The Morgan fingerprint density at radius 3 is 2.17 bits per heavy atom. The molecule has 0 unspecified atom stereocenters. The van der Waals surface area contributed by atoms with E-state index < -0.39 is 12.1 Å². The molecule has 0 saturated heterocycles. The minimum atomic E-state index is -0.555. The van der Waals surface area contributed by atoms with Crippen LogP contribution in [-0.4, -0.2) is 24.1 Å². The molecule has 2 aliphatic rings. The summed E-state index contributed by atoms with van der Waals surface area (Å²) in [4.78, 5) is 22.3. The quantitative estimate of drug-likeness (QED) is 0.576. The molecular weight excluding hydrogens is 232 g/mol. The van der Waals surface area contributed by atoms with Gasteiger partial charge in [0.2, 0.25) is 0 Å². The largest absolute Gasteiger partial charge is 0.352 e. The number of primary amides is 2. The van der Waals surface area contributed by atoms with Crippen molar-refractivity contribution in [1.82, 2.24) is 10.6 Å². The van der Waals surface area contributed by atoms with Gasteiger partial charge >= 0.3 is 12.1 Å². The van der Waals surface area contributed by atoms with E-state index in [2.05, 4.69) is 31.4 Å². The summed E-state index contributed by atoms with van der Waals surface area (Å²) in [5.74, 6) is 0.312. The van der Waals surface area contributed by atoms with E-state index in [0.29, 0.717) is 5.92 Å². The van der Waals surface area contributed by atoms with Crippen molar-refractivity contribution in [3.05, 3.63) is 0 Å². The number of hydrogen-bond acceptors (Lipinski definition) is 2. The third-order valence-corrected chi connectivity index (χ3v) is 5.46. The van der Waals surface area contributed by atoms with Gasteiger partial charge in [0.1, 0.15) is 0 Å². The highest BCUT2D eigenvalue weighted by molar-refractivity contribution is 5.74. The van der Waals surface area contributed by atoms with E-state index in [1.807, 2.05) is 0 Å². The van der Waals surface area contributed by atoms with Crippen LogP contribution >= 0.6 is 0 Å². The summed E-state index contributed by atoms with van der Waals surface area (Å²) < 4.78 is 0. The van der Waals surface area contributed by atoms with Gasteiger partial charge in [-0.05, 0) is 29.6 Å². The monoisotopic (exact) mass is 254 g/mol. The van der Waals surface area contributed by atoms with Crippen LogP contribution in [0.15, 0.2) is 0 Å². The first-order valence-electron chi connectivity index (χ1n) is 6.32. The van der Waals surface area contributed by atoms with E-state index >= 15 is 0 Å². The summed E-state index contributed by atoms with van der Waals surface area (Å²) in [6, 6.07) is -1.40. The number of nitrogens with two attached hydrogens (primary N) is 2. The molecule has 18 heavy (non-hydrogen) atoms. The Morgan fingerprint density at radius 2 is 1.67 bits per heavy atom. The van der Waals surface area contributed by atoms with Gasteiger partial charge in [0, 0.05) is 0 Å². The highest BCUT2D eigenvalue weighted by Gasteiger charge is 2.66. The summed E-state index contributed by atoms with van der Waals surface area (Å²) in [6.45, 7) is 6.52. The Morgan fingerprint density at radius 1 is 1.11 bits per heavy atom. The fourth-order valence-electron chi connectivity index (χ4n) is 4.13. The lowest BCUT2D eigenvalue weighted by molar-refractivity contribution is 0.123. The van der Waals surface area contributed by atoms with Crippen molar-refractivity contribution < 1.29 is 9.59 Å². The zero-order valence-electron chi connectivity index (χ0n) is 11.1. The summed E-state index contributed by atoms with van der Waals surface area (Å²) >= 11 is 0. The van der Waals surface area contributed by atoms with Crippen molar-refractivity contribution in [3.8, 4) is 0 Å². The van der Waals surface area contributed by atoms with Crippen LogP contribution in [0.3, 0.4) is 0 Å². The van der Waals surface area contributed by atoms with Crippen LogP contribution in [0.1, 0.15) is 33.6 Å². The minimum absolute atomic E-state index is 0.0350. The Kier molecular flexibility index (Phi) is 2.72. The maximum Gasteiger partial charge on any atom is 0.312 e. The lowest BCUT2D eigenvalue weighted by Gasteiger charge is -2.40.